The Kier molecular flexibility index (Phi) is 5.75. The number of hydrogen-bond acceptors (Lipinski definition) is 2. The average molecular weight is 356 g/mol. The van der Waals surface area contributed by atoms with Crippen LogP contribution in [0.15, 0.2) is 34.1 Å². The molecule has 20 heavy (non-hydrogen) atoms. The van der Waals surface area contributed by atoms with Gasteiger partial charge in [-0.2, -0.15) is 0 Å². The van der Waals surface area contributed by atoms with Gasteiger partial charge in [-0.05, 0) is 65.1 Å². The van der Waals surface area contributed by atoms with E-state index in [4.69, 9.17) is 0 Å². The normalized spacial score (nSPS) is 12.6. The van der Waals surface area contributed by atoms with E-state index in [9.17, 15) is 4.39 Å². The van der Waals surface area contributed by atoms with Crippen LogP contribution in [0.5, 0.6) is 0 Å². The van der Waals surface area contributed by atoms with Gasteiger partial charge in [-0.3, -0.25) is 0 Å². The van der Waals surface area contributed by atoms with Gasteiger partial charge in [0, 0.05) is 27.2 Å². The third-order valence-electron chi connectivity index (χ3n) is 3.28. The Balaban J connectivity index is 2.22. The Hall–Kier alpha value is -0.710. The van der Waals surface area contributed by atoms with Gasteiger partial charge < -0.3 is 5.32 Å². The molecular formula is C16H19BrFNS. The minimum Gasteiger partial charge on any atom is -0.310 e. The molecule has 1 unspecified atom stereocenters. The first-order valence-corrected chi connectivity index (χ1v) is 8.49. The SMILES string of the molecule is CCCNC(Cc1cc(Br)cs1)c1ccc(F)cc1C. The van der Waals surface area contributed by atoms with Gasteiger partial charge in [0.25, 0.3) is 0 Å². The Morgan fingerprint density at radius 1 is 1.35 bits per heavy atom. The highest BCUT2D eigenvalue weighted by molar-refractivity contribution is 9.10. The molecule has 1 aromatic heterocycles. The summed E-state index contributed by atoms with van der Waals surface area (Å²) < 4.78 is 14.4. The van der Waals surface area contributed by atoms with Gasteiger partial charge in [-0.25, -0.2) is 4.39 Å². The quantitative estimate of drug-likeness (QED) is 0.746. The van der Waals surface area contributed by atoms with Gasteiger partial charge >= 0.3 is 0 Å². The highest BCUT2D eigenvalue weighted by Gasteiger charge is 2.15. The van der Waals surface area contributed by atoms with Crippen molar-refractivity contribution in [2.75, 3.05) is 6.54 Å². The molecule has 0 saturated heterocycles. The fourth-order valence-electron chi connectivity index (χ4n) is 2.30. The fraction of sp³-hybridized carbons (Fsp3) is 0.375. The second-order valence-electron chi connectivity index (χ2n) is 4.94. The van der Waals surface area contributed by atoms with Crippen LogP contribution in [0.2, 0.25) is 0 Å². The summed E-state index contributed by atoms with van der Waals surface area (Å²) in [6.45, 7) is 5.10. The van der Waals surface area contributed by atoms with Gasteiger partial charge in [0.05, 0.1) is 0 Å². The van der Waals surface area contributed by atoms with Crippen molar-refractivity contribution in [3.63, 3.8) is 0 Å². The lowest BCUT2D eigenvalue weighted by atomic mass is 9.98. The van der Waals surface area contributed by atoms with Crippen LogP contribution in [0.3, 0.4) is 0 Å². The van der Waals surface area contributed by atoms with E-state index >= 15 is 0 Å². The number of hydrogen-bond donors (Lipinski definition) is 1. The van der Waals surface area contributed by atoms with Crippen LogP contribution in [0, 0.1) is 12.7 Å². The molecule has 108 valence electrons. The first-order chi connectivity index (χ1) is 9.60. The lowest BCUT2D eigenvalue weighted by Crippen LogP contribution is -2.24. The molecule has 2 aromatic rings. The number of nitrogens with one attached hydrogen (secondary N) is 1. The predicted molar refractivity (Wildman–Crippen MR) is 87.9 cm³/mol. The maximum Gasteiger partial charge on any atom is 0.123 e. The van der Waals surface area contributed by atoms with Crippen molar-refractivity contribution in [2.24, 2.45) is 0 Å². The van der Waals surface area contributed by atoms with E-state index < -0.39 is 0 Å². The molecule has 0 spiro atoms. The number of thiophene rings is 1. The molecule has 0 aliphatic rings. The fourth-order valence-corrected chi connectivity index (χ4v) is 3.80. The first kappa shape index (κ1) is 15.7. The summed E-state index contributed by atoms with van der Waals surface area (Å²) in [5, 5.41) is 5.67. The summed E-state index contributed by atoms with van der Waals surface area (Å²) in [5.41, 5.74) is 2.19. The topological polar surface area (TPSA) is 12.0 Å². The molecular weight excluding hydrogens is 337 g/mol. The van der Waals surface area contributed by atoms with E-state index in [2.05, 4.69) is 39.6 Å². The van der Waals surface area contributed by atoms with Crippen LogP contribution in [0.4, 0.5) is 4.39 Å². The highest BCUT2D eigenvalue weighted by atomic mass is 79.9. The van der Waals surface area contributed by atoms with E-state index in [0.29, 0.717) is 0 Å². The molecule has 1 nitrogen and oxygen atoms in total. The van der Waals surface area contributed by atoms with Crippen molar-refractivity contribution in [1.82, 2.24) is 5.32 Å². The molecule has 0 aliphatic carbocycles. The lowest BCUT2D eigenvalue weighted by molar-refractivity contribution is 0.528. The second kappa shape index (κ2) is 7.34. The summed E-state index contributed by atoms with van der Waals surface area (Å²) in [5.74, 6) is -0.167. The highest BCUT2D eigenvalue weighted by Crippen LogP contribution is 2.27. The molecule has 0 radical (unpaired) electrons. The Morgan fingerprint density at radius 3 is 2.75 bits per heavy atom. The summed E-state index contributed by atoms with van der Waals surface area (Å²) in [6, 6.07) is 7.46. The minimum absolute atomic E-state index is 0.167. The van der Waals surface area contributed by atoms with Gasteiger partial charge in [0.2, 0.25) is 0 Å². The third-order valence-corrected chi connectivity index (χ3v) is 5.00. The van der Waals surface area contributed by atoms with E-state index in [1.165, 1.54) is 10.4 Å². The summed E-state index contributed by atoms with van der Waals surface area (Å²) in [7, 11) is 0. The van der Waals surface area contributed by atoms with Gasteiger partial charge in [-0.15, -0.1) is 11.3 Å². The van der Waals surface area contributed by atoms with Gasteiger partial charge in [-0.1, -0.05) is 13.0 Å². The van der Waals surface area contributed by atoms with Crippen molar-refractivity contribution >= 4 is 27.3 Å². The zero-order valence-corrected chi connectivity index (χ0v) is 14.2. The maximum atomic E-state index is 13.3. The smallest absolute Gasteiger partial charge is 0.123 e. The molecule has 1 heterocycles. The van der Waals surface area contributed by atoms with Crippen LogP contribution < -0.4 is 5.32 Å². The van der Waals surface area contributed by atoms with E-state index in [0.717, 1.165) is 29.4 Å². The molecule has 0 fully saturated rings. The van der Waals surface area contributed by atoms with Crippen LogP contribution in [0.25, 0.3) is 0 Å². The molecule has 0 saturated carbocycles. The average Bonchev–Trinajstić information content (AvgIpc) is 2.80. The van der Waals surface area contributed by atoms with Gasteiger partial charge in [0.1, 0.15) is 5.82 Å². The van der Waals surface area contributed by atoms with Crippen molar-refractivity contribution < 1.29 is 4.39 Å². The van der Waals surface area contributed by atoms with Crippen LogP contribution in [-0.2, 0) is 6.42 Å². The summed E-state index contributed by atoms with van der Waals surface area (Å²) in [6.07, 6.45) is 2.02. The second-order valence-corrected chi connectivity index (χ2v) is 6.85. The van der Waals surface area contributed by atoms with E-state index in [1.54, 1.807) is 23.5 Å². The van der Waals surface area contributed by atoms with Gasteiger partial charge in [0.15, 0.2) is 0 Å². The first-order valence-electron chi connectivity index (χ1n) is 6.82. The van der Waals surface area contributed by atoms with Crippen molar-refractivity contribution in [3.8, 4) is 0 Å². The number of benzene rings is 1. The van der Waals surface area contributed by atoms with Crippen molar-refractivity contribution in [3.05, 3.63) is 55.9 Å². The largest absolute Gasteiger partial charge is 0.310 e. The Morgan fingerprint density at radius 2 is 2.15 bits per heavy atom. The Labute approximate surface area is 132 Å². The summed E-state index contributed by atoms with van der Waals surface area (Å²) in [4.78, 5) is 1.33. The third kappa shape index (κ3) is 4.14. The minimum atomic E-state index is -0.167. The van der Waals surface area contributed by atoms with Crippen LogP contribution >= 0.6 is 27.3 Å². The summed E-state index contributed by atoms with van der Waals surface area (Å²) >= 11 is 5.25. The number of aryl methyl sites for hydroxylation is 1. The molecule has 0 bridgehead atoms. The van der Waals surface area contributed by atoms with E-state index in [-0.39, 0.29) is 11.9 Å². The Bertz CT molecular complexity index is 567. The zero-order valence-electron chi connectivity index (χ0n) is 11.7. The number of rotatable bonds is 6. The monoisotopic (exact) mass is 355 g/mol. The molecule has 2 rings (SSSR count). The molecule has 4 heteroatoms. The standard InChI is InChI=1S/C16H19BrFNS/c1-3-6-19-16(9-14-8-12(17)10-20-14)15-5-4-13(18)7-11(15)2/h4-5,7-8,10,16,19H,3,6,9H2,1-2H3. The molecule has 0 aliphatic heterocycles. The van der Waals surface area contributed by atoms with E-state index in [1.807, 2.05) is 13.0 Å². The maximum absolute atomic E-state index is 13.3. The predicted octanol–water partition coefficient (Wildman–Crippen LogP) is 5.24. The molecule has 1 N–H and O–H groups in total. The van der Waals surface area contributed by atoms with Crippen LogP contribution in [0.1, 0.15) is 35.4 Å². The number of halogens is 2. The van der Waals surface area contributed by atoms with Crippen molar-refractivity contribution in [1.29, 1.82) is 0 Å². The molecule has 0 amide bonds. The van der Waals surface area contributed by atoms with Crippen LogP contribution in [-0.4, -0.2) is 6.54 Å². The van der Waals surface area contributed by atoms with Crippen molar-refractivity contribution in [2.45, 2.75) is 32.7 Å². The molecule has 1 aromatic carbocycles. The molecule has 1 atom stereocenters. The lowest BCUT2D eigenvalue weighted by Gasteiger charge is -2.20. The zero-order chi connectivity index (χ0) is 14.5.